The average Bonchev–Trinajstić information content (AvgIpc) is 2.41. The first-order valence-corrected chi connectivity index (χ1v) is 7.37. The number of rotatable bonds is 7. The number of carbonyl (C=O) groups is 1. The number of amides is 1. The van der Waals surface area contributed by atoms with Crippen LogP contribution in [0.1, 0.15) is 42.6 Å². The summed E-state index contributed by atoms with van der Waals surface area (Å²) in [6.07, 6.45) is 1.86. The minimum atomic E-state index is -0.499. The Morgan fingerprint density at radius 2 is 2.05 bits per heavy atom. The molecule has 0 aliphatic rings. The van der Waals surface area contributed by atoms with E-state index in [9.17, 15) is 9.18 Å². The first-order chi connectivity index (χ1) is 9.82. The predicted octanol–water partition coefficient (Wildman–Crippen LogP) is 2.57. The van der Waals surface area contributed by atoms with Gasteiger partial charge in [-0.1, -0.05) is 0 Å². The van der Waals surface area contributed by atoms with Gasteiger partial charge in [0.2, 0.25) is 0 Å². The number of hydrogen-bond acceptors (Lipinski definition) is 3. The summed E-state index contributed by atoms with van der Waals surface area (Å²) in [7, 11) is 2.08. The van der Waals surface area contributed by atoms with E-state index in [1.165, 1.54) is 12.1 Å². The second kappa shape index (κ2) is 7.98. The van der Waals surface area contributed by atoms with Crippen molar-refractivity contribution >= 4 is 11.6 Å². The van der Waals surface area contributed by atoms with E-state index in [1.807, 2.05) is 0 Å². The minimum Gasteiger partial charge on any atom is -0.399 e. The summed E-state index contributed by atoms with van der Waals surface area (Å²) < 4.78 is 13.9. The fourth-order valence-electron chi connectivity index (χ4n) is 2.00. The van der Waals surface area contributed by atoms with Crippen LogP contribution in [0.15, 0.2) is 12.1 Å². The lowest BCUT2D eigenvalue weighted by molar-refractivity contribution is 0.0948. The Hall–Kier alpha value is -1.62. The van der Waals surface area contributed by atoms with Crippen LogP contribution in [0, 0.1) is 12.7 Å². The molecule has 0 unspecified atom stereocenters. The Morgan fingerprint density at radius 3 is 2.67 bits per heavy atom. The van der Waals surface area contributed by atoms with Crippen LogP contribution in [0.3, 0.4) is 0 Å². The minimum absolute atomic E-state index is 0.0202. The lowest BCUT2D eigenvalue weighted by atomic mass is 10.1. The monoisotopic (exact) mass is 295 g/mol. The molecule has 0 heterocycles. The third-order valence-electron chi connectivity index (χ3n) is 3.63. The highest BCUT2D eigenvalue weighted by molar-refractivity contribution is 5.95. The second-order valence-corrected chi connectivity index (χ2v) is 5.74. The summed E-state index contributed by atoms with van der Waals surface area (Å²) in [4.78, 5) is 14.2. The third-order valence-corrected chi connectivity index (χ3v) is 3.63. The maximum atomic E-state index is 13.9. The van der Waals surface area contributed by atoms with Gasteiger partial charge in [0.15, 0.2) is 0 Å². The molecule has 21 heavy (non-hydrogen) atoms. The third kappa shape index (κ3) is 5.34. The number of unbranched alkanes of at least 4 members (excludes halogenated alkanes) is 1. The van der Waals surface area contributed by atoms with E-state index >= 15 is 0 Å². The maximum Gasteiger partial charge on any atom is 0.254 e. The molecule has 0 aliphatic carbocycles. The lowest BCUT2D eigenvalue weighted by Gasteiger charge is -2.20. The zero-order valence-corrected chi connectivity index (χ0v) is 13.4. The highest BCUT2D eigenvalue weighted by Crippen LogP contribution is 2.16. The fourth-order valence-corrected chi connectivity index (χ4v) is 2.00. The maximum absolute atomic E-state index is 13.9. The van der Waals surface area contributed by atoms with Gasteiger partial charge in [0, 0.05) is 18.3 Å². The molecule has 1 aromatic rings. The molecule has 0 radical (unpaired) electrons. The number of halogens is 1. The van der Waals surface area contributed by atoms with Gasteiger partial charge in [0.25, 0.3) is 5.91 Å². The van der Waals surface area contributed by atoms with Crippen LogP contribution >= 0.6 is 0 Å². The van der Waals surface area contributed by atoms with E-state index in [0.29, 0.717) is 23.8 Å². The van der Waals surface area contributed by atoms with E-state index in [1.54, 1.807) is 6.92 Å². The van der Waals surface area contributed by atoms with E-state index in [-0.39, 0.29) is 5.56 Å². The van der Waals surface area contributed by atoms with E-state index in [4.69, 9.17) is 5.73 Å². The van der Waals surface area contributed by atoms with Crippen molar-refractivity contribution in [3.63, 3.8) is 0 Å². The van der Waals surface area contributed by atoms with Crippen LogP contribution in [0.5, 0.6) is 0 Å². The predicted molar refractivity (Wildman–Crippen MR) is 84.9 cm³/mol. The molecule has 4 nitrogen and oxygen atoms in total. The molecule has 0 saturated heterocycles. The highest BCUT2D eigenvalue weighted by Gasteiger charge is 2.14. The molecule has 1 rings (SSSR count). The Bertz CT molecular complexity index is 489. The fraction of sp³-hybridized carbons (Fsp3) is 0.562. The lowest BCUT2D eigenvalue weighted by Crippen LogP contribution is -2.29. The van der Waals surface area contributed by atoms with E-state index < -0.39 is 11.7 Å². The summed E-state index contributed by atoms with van der Waals surface area (Å²) in [5.41, 5.74) is 6.46. The normalized spacial score (nSPS) is 11.2. The van der Waals surface area contributed by atoms with Crippen molar-refractivity contribution in [3.05, 3.63) is 29.1 Å². The molecule has 0 fully saturated rings. The summed E-state index contributed by atoms with van der Waals surface area (Å²) >= 11 is 0. The van der Waals surface area contributed by atoms with Crippen molar-refractivity contribution in [1.29, 1.82) is 0 Å². The summed E-state index contributed by atoms with van der Waals surface area (Å²) in [5.74, 6) is -0.902. The Kier molecular flexibility index (Phi) is 6.62. The highest BCUT2D eigenvalue weighted by atomic mass is 19.1. The zero-order valence-electron chi connectivity index (χ0n) is 13.4. The quantitative estimate of drug-likeness (QED) is 0.600. The standard InChI is InChI=1S/C16H26FN3O/c1-11(2)20(4)8-6-5-7-19-16(21)14-10-13(18)9-12(3)15(14)17/h9-11H,5-8,18H2,1-4H3,(H,19,21). The number of hydrogen-bond donors (Lipinski definition) is 2. The number of aryl methyl sites for hydroxylation is 1. The number of carbonyl (C=O) groups excluding carboxylic acids is 1. The summed E-state index contributed by atoms with van der Waals surface area (Å²) in [6, 6.07) is 3.42. The topological polar surface area (TPSA) is 58.4 Å². The van der Waals surface area contributed by atoms with Gasteiger partial charge in [-0.25, -0.2) is 4.39 Å². The van der Waals surface area contributed by atoms with Gasteiger partial charge in [-0.15, -0.1) is 0 Å². The first kappa shape index (κ1) is 17.4. The van der Waals surface area contributed by atoms with Gasteiger partial charge in [-0.05, 0) is 64.9 Å². The second-order valence-electron chi connectivity index (χ2n) is 5.74. The molecule has 0 atom stereocenters. The molecule has 0 saturated carbocycles. The van der Waals surface area contributed by atoms with Gasteiger partial charge in [-0.2, -0.15) is 0 Å². The van der Waals surface area contributed by atoms with Crippen molar-refractivity contribution in [2.24, 2.45) is 0 Å². The SMILES string of the molecule is Cc1cc(N)cc(C(=O)NCCCCN(C)C(C)C)c1F. The molecule has 0 aliphatic heterocycles. The van der Waals surface area contributed by atoms with Gasteiger partial charge in [-0.3, -0.25) is 4.79 Å². The van der Waals surface area contributed by atoms with Crippen molar-refractivity contribution in [2.75, 3.05) is 25.9 Å². The molecule has 5 heteroatoms. The Balaban J connectivity index is 2.41. The molecular weight excluding hydrogens is 269 g/mol. The largest absolute Gasteiger partial charge is 0.399 e. The molecular formula is C16H26FN3O. The van der Waals surface area contributed by atoms with Crippen molar-refractivity contribution in [2.45, 2.75) is 39.7 Å². The van der Waals surface area contributed by atoms with Crippen molar-refractivity contribution < 1.29 is 9.18 Å². The zero-order chi connectivity index (χ0) is 16.0. The van der Waals surface area contributed by atoms with Crippen LogP contribution in [0.4, 0.5) is 10.1 Å². The van der Waals surface area contributed by atoms with Crippen LogP contribution in [0.2, 0.25) is 0 Å². The molecule has 0 bridgehead atoms. The number of nitrogen functional groups attached to an aromatic ring is 1. The van der Waals surface area contributed by atoms with Crippen molar-refractivity contribution in [1.82, 2.24) is 10.2 Å². The number of nitrogens with two attached hydrogens (primary N) is 1. The molecule has 0 spiro atoms. The van der Waals surface area contributed by atoms with Crippen LogP contribution in [-0.4, -0.2) is 37.0 Å². The van der Waals surface area contributed by atoms with Crippen molar-refractivity contribution in [3.8, 4) is 0 Å². The van der Waals surface area contributed by atoms with E-state index in [0.717, 1.165) is 19.4 Å². The summed E-state index contributed by atoms with van der Waals surface area (Å²) in [6.45, 7) is 7.42. The molecule has 3 N–H and O–H groups in total. The number of anilines is 1. The Labute approximate surface area is 126 Å². The molecule has 1 aromatic carbocycles. The number of nitrogens with one attached hydrogen (secondary N) is 1. The smallest absolute Gasteiger partial charge is 0.254 e. The van der Waals surface area contributed by atoms with Crippen LogP contribution < -0.4 is 11.1 Å². The van der Waals surface area contributed by atoms with Gasteiger partial charge >= 0.3 is 0 Å². The number of benzene rings is 1. The molecule has 118 valence electrons. The Morgan fingerprint density at radius 1 is 1.38 bits per heavy atom. The summed E-state index contributed by atoms with van der Waals surface area (Å²) in [5, 5.41) is 2.74. The molecule has 1 amide bonds. The van der Waals surface area contributed by atoms with Gasteiger partial charge in [0.05, 0.1) is 5.56 Å². The molecule has 0 aromatic heterocycles. The van der Waals surface area contributed by atoms with Gasteiger partial charge < -0.3 is 16.0 Å². The van der Waals surface area contributed by atoms with Crippen LogP contribution in [-0.2, 0) is 0 Å². The van der Waals surface area contributed by atoms with E-state index in [2.05, 4.69) is 31.1 Å². The first-order valence-electron chi connectivity index (χ1n) is 7.37. The number of nitrogens with zero attached hydrogens (tertiary/aromatic N) is 1. The van der Waals surface area contributed by atoms with Crippen LogP contribution in [0.25, 0.3) is 0 Å². The average molecular weight is 295 g/mol. The van der Waals surface area contributed by atoms with Gasteiger partial charge in [0.1, 0.15) is 5.82 Å².